The fourth-order valence-electron chi connectivity index (χ4n) is 9.28. The Morgan fingerprint density at radius 3 is 2.34 bits per heavy atom. The SMILES string of the molecule is CC(CO)CC[C@@H](O)[C@@H](C)[C@H]1CC[C@H]2[C@@H]3CCC4CCCC[C@]4(C)[C@H]3CC[C@]12C. The van der Waals surface area contributed by atoms with Gasteiger partial charge in [-0.3, -0.25) is 0 Å². The van der Waals surface area contributed by atoms with Crippen molar-refractivity contribution in [3.8, 4) is 0 Å². The monoisotopic (exact) mass is 404 g/mol. The first kappa shape index (κ1) is 22.1. The molecule has 10 atom stereocenters. The molecule has 0 bridgehead atoms. The Labute approximate surface area is 180 Å². The molecule has 4 aliphatic carbocycles. The Hall–Kier alpha value is -0.0800. The quantitative estimate of drug-likeness (QED) is 0.534. The first-order chi connectivity index (χ1) is 13.8. The van der Waals surface area contributed by atoms with Gasteiger partial charge in [0, 0.05) is 6.61 Å². The van der Waals surface area contributed by atoms with E-state index >= 15 is 0 Å². The van der Waals surface area contributed by atoms with Crippen molar-refractivity contribution >= 4 is 0 Å². The maximum atomic E-state index is 11.0. The van der Waals surface area contributed by atoms with Crippen LogP contribution in [0.2, 0.25) is 0 Å². The van der Waals surface area contributed by atoms with E-state index in [2.05, 4.69) is 27.7 Å². The van der Waals surface area contributed by atoms with Crippen molar-refractivity contribution in [2.75, 3.05) is 6.61 Å². The highest BCUT2D eigenvalue weighted by Crippen LogP contribution is 2.68. The summed E-state index contributed by atoms with van der Waals surface area (Å²) in [5, 5.41) is 20.3. The summed E-state index contributed by atoms with van der Waals surface area (Å²) in [6, 6.07) is 0. The molecular weight excluding hydrogens is 356 g/mol. The molecule has 4 fully saturated rings. The van der Waals surface area contributed by atoms with E-state index in [0.29, 0.717) is 28.6 Å². The molecule has 0 spiro atoms. The molecular formula is C27H48O2. The van der Waals surface area contributed by atoms with Crippen LogP contribution in [0.15, 0.2) is 0 Å². The van der Waals surface area contributed by atoms with E-state index in [0.717, 1.165) is 36.5 Å². The van der Waals surface area contributed by atoms with E-state index in [1.165, 1.54) is 64.2 Å². The van der Waals surface area contributed by atoms with Crippen molar-refractivity contribution in [3.63, 3.8) is 0 Å². The number of hydrogen-bond donors (Lipinski definition) is 2. The molecule has 4 aliphatic rings. The Bertz CT molecular complexity index is 561. The van der Waals surface area contributed by atoms with E-state index in [1.807, 2.05) is 0 Å². The molecule has 2 N–H and O–H groups in total. The van der Waals surface area contributed by atoms with Crippen LogP contribution < -0.4 is 0 Å². The smallest absolute Gasteiger partial charge is 0.0568 e. The molecule has 4 rings (SSSR count). The summed E-state index contributed by atoms with van der Waals surface area (Å²) < 4.78 is 0. The fraction of sp³-hybridized carbons (Fsp3) is 1.00. The molecule has 2 unspecified atom stereocenters. The molecule has 4 saturated carbocycles. The molecule has 0 heterocycles. The van der Waals surface area contributed by atoms with Crippen molar-refractivity contribution in [2.45, 2.75) is 111 Å². The minimum atomic E-state index is -0.200. The lowest BCUT2D eigenvalue weighted by atomic mass is 9.44. The van der Waals surface area contributed by atoms with Gasteiger partial charge in [-0.05, 0) is 116 Å². The van der Waals surface area contributed by atoms with Crippen LogP contribution in [0.4, 0.5) is 0 Å². The highest BCUT2D eigenvalue weighted by atomic mass is 16.3. The second kappa shape index (κ2) is 8.45. The summed E-state index contributed by atoms with van der Waals surface area (Å²) in [6.07, 6.45) is 16.1. The van der Waals surface area contributed by atoms with Crippen LogP contribution in [0.5, 0.6) is 0 Å². The molecule has 0 amide bonds. The minimum absolute atomic E-state index is 0.200. The molecule has 0 saturated heterocycles. The maximum absolute atomic E-state index is 11.0. The minimum Gasteiger partial charge on any atom is -0.396 e. The molecule has 0 aromatic heterocycles. The Kier molecular flexibility index (Phi) is 6.45. The van der Waals surface area contributed by atoms with Gasteiger partial charge in [-0.1, -0.05) is 40.5 Å². The topological polar surface area (TPSA) is 40.5 Å². The van der Waals surface area contributed by atoms with Crippen molar-refractivity contribution in [3.05, 3.63) is 0 Å². The Balaban J connectivity index is 1.46. The number of hydrogen-bond acceptors (Lipinski definition) is 2. The molecule has 0 aromatic rings. The summed E-state index contributed by atoms with van der Waals surface area (Å²) in [5.41, 5.74) is 1.08. The van der Waals surface area contributed by atoms with Gasteiger partial charge in [0.1, 0.15) is 0 Å². The average Bonchev–Trinajstić information content (AvgIpc) is 3.07. The Morgan fingerprint density at radius 1 is 0.828 bits per heavy atom. The average molecular weight is 405 g/mol. The number of aliphatic hydroxyl groups is 2. The second-order valence-corrected chi connectivity index (χ2v) is 12.4. The summed E-state index contributed by atoms with van der Waals surface area (Å²) in [4.78, 5) is 0. The highest BCUT2D eigenvalue weighted by Gasteiger charge is 2.60. The van der Waals surface area contributed by atoms with Gasteiger partial charge in [0.05, 0.1) is 6.10 Å². The third-order valence-electron chi connectivity index (χ3n) is 11.2. The molecule has 0 aromatic carbocycles. The molecule has 0 aliphatic heterocycles. The van der Waals surface area contributed by atoms with Gasteiger partial charge >= 0.3 is 0 Å². The molecule has 2 nitrogen and oxygen atoms in total. The van der Waals surface area contributed by atoms with Crippen LogP contribution in [-0.4, -0.2) is 22.9 Å². The number of fused-ring (bicyclic) bond motifs is 5. The predicted octanol–water partition coefficient (Wildman–Crippen LogP) is 6.44. The molecule has 0 radical (unpaired) electrons. The van der Waals surface area contributed by atoms with E-state index < -0.39 is 0 Å². The second-order valence-electron chi connectivity index (χ2n) is 12.4. The van der Waals surface area contributed by atoms with Crippen LogP contribution >= 0.6 is 0 Å². The van der Waals surface area contributed by atoms with Gasteiger partial charge in [0.25, 0.3) is 0 Å². The lowest BCUT2D eigenvalue weighted by Gasteiger charge is -2.61. The summed E-state index contributed by atoms with van der Waals surface area (Å²) in [5.74, 6) is 5.23. The fourth-order valence-corrected chi connectivity index (χ4v) is 9.28. The van der Waals surface area contributed by atoms with Gasteiger partial charge in [0.15, 0.2) is 0 Å². The van der Waals surface area contributed by atoms with Crippen LogP contribution in [0.25, 0.3) is 0 Å². The van der Waals surface area contributed by atoms with Gasteiger partial charge < -0.3 is 10.2 Å². The zero-order valence-corrected chi connectivity index (χ0v) is 19.7. The summed E-state index contributed by atoms with van der Waals surface area (Å²) >= 11 is 0. The normalized spacial score (nSPS) is 47.6. The highest BCUT2D eigenvalue weighted by molar-refractivity contribution is 5.09. The van der Waals surface area contributed by atoms with Crippen LogP contribution in [0.1, 0.15) is 105 Å². The van der Waals surface area contributed by atoms with E-state index in [4.69, 9.17) is 0 Å². The molecule has 2 heteroatoms. The summed E-state index contributed by atoms with van der Waals surface area (Å²) in [6.45, 7) is 9.96. The predicted molar refractivity (Wildman–Crippen MR) is 120 cm³/mol. The first-order valence-corrected chi connectivity index (χ1v) is 13.1. The van der Waals surface area contributed by atoms with E-state index in [1.54, 1.807) is 0 Å². The maximum Gasteiger partial charge on any atom is 0.0568 e. The standard InChI is InChI=1S/C27H48O2/c1-18(17-28)8-13-25(29)19(2)22-11-12-23-21-10-9-20-7-5-6-15-26(20,3)24(21)14-16-27(22,23)4/h18-25,28-29H,5-17H2,1-4H3/t18?,19-,20?,21-,22+,23-,24-,25+,26-,27+/m0/s1. The van der Waals surface area contributed by atoms with Crippen molar-refractivity contribution < 1.29 is 10.2 Å². The van der Waals surface area contributed by atoms with Gasteiger partial charge in [0.2, 0.25) is 0 Å². The van der Waals surface area contributed by atoms with E-state index in [-0.39, 0.29) is 12.7 Å². The van der Waals surface area contributed by atoms with Crippen molar-refractivity contribution in [2.24, 2.45) is 52.3 Å². The van der Waals surface area contributed by atoms with Crippen LogP contribution in [0, 0.1) is 52.3 Å². The van der Waals surface area contributed by atoms with Crippen LogP contribution in [-0.2, 0) is 0 Å². The third-order valence-corrected chi connectivity index (χ3v) is 11.2. The van der Waals surface area contributed by atoms with Gasteiger partial charge in [-0.15, -0.1) is 0 Å². The first-order valence-electron chi connectivity index (χ1n) is 13.1. The summed E-state index contributed by atoms with van der Waals surface area (Å²) in [7, 11) is 0. The number of aliphatic hydroxyl groups excluding tert-OH is 2. The lowest BCUT2D eigenvalue weighted by Crippen LogP contribution is -2.53. The molecule has 29 heavy (non-hydrogen) atoms. The zero-order valence-electron chi connectivity index (χ0n) is 19.7. The third kappa shape index (κ3) is 3.73. The van der Waals surface area contributed by atoms with Gasteiger partial charge in [-0.2, -0.15) is 0 Å². The zero-order chi connectivity index (χ0) is 20.8. The number of rotatable bonds is 6. The largest absolute Gasteiger partial charge is 0.396 e. The molecule has 168 valence electrons. The van der Waals surface area contributed by atoms with Gasteiger partial charge in [-0.25, -0.2) is 0 Å². The Morgan fingerprint density at radius 2 is 1.59 bits per heavy atom. The van der Waals surface area contributed by atoms with E-state index in [9.17, 15) is 10.2 Å². The lowest BCUT2D eigenvalue weighted by molar-refractivity contribution is -0.118. The van der Waals surface area contributed by atoms with Crippen molar-refractivity contribution in [1.29, 1.82) is 0 Å². The van der Waals surface area contributed by atoms with Crippen molar-refractivity contribution in [1.82, 2.24) is 0 Å². The van der Waals surface area contributed by atoms with Crippen LogP contribution in [0.3, 0.4) is 0 Å².